The number of amides is 3. The molecule has 3 unspecified atom stereocenters. The van der Waals surface area contributed by atoms with Crippen molar-refractivity contribution in [1.82, 2.24) is 15.1 Å². The summed E-state index contributed by atoms with van der Waals surface area (Å²) < 4.78 is 24.1. The molecule has 0 aliphatic carbocycles. The lowest BCUT2D eigenvalue weighted by molar-refractivity contribution is -0.155. The number of carbonyl (C=O) groups excluding carboxylic acids is 3. The van der Waals surface area contributed by atoms with E-state index in [0.717, 1.165) is 19.3 Å². The molecule has 3 aliphatic rings. The van der Waals surface area contributed by atoms with Gasteiger partial charge in [0.15, 0.2) is 9.84 Å². The molecule has 3 rings (SSSR count). The van der Waals surface area contributed by atoms with Gasteiger partial charge in [0.2, 0.25) is 17.7 Å². The van der Waals surface area contributed by atoms with Crippen LogP contribution in [0.1, 0.15) is 59.3 Å². The molecule has 3 atom stereocenters. The molecule has 3 amide bonds. The summed E-state index contributed by atoms with van der Waals surface area (Å²) in [5.74, 6) is -0.931. The number of nitrogens with one attached hydrogen (secondary N) is 1. The minimum Gasteiger partial charge on any atom is -0.354 e. The molecule has 0 aromatic heterocycles. The number of hydrogen-bond acceptors (Lipinski definition) is 5. The number of carbonyl (C=O) groups is 3. The molecule has 0 bridgehead atoms. The monoisotopic (exact) mass is 399 g/mol. The van der Waals surface area contributed by atoms with Crippen molar-refractivity contribution >= 4 is 27.6 Å². The predicted octanol–water partition coefficient (Wildman–Crippen LogP) is 0.418. The average Bonchev–Trinajstić information content (AvgIpc) is 3.13. The Kier molecular flexibility index (Phi) is 5.26. The van der Waals surface area contributed by atoms with Crippen molar-refractivity contribution in [3.8, 4) is 0 Å². The van der Waals surface area contributed by atoms with Gasteiger partial charge in [-0.05, 0) is 33.1 Å². The fraction of sp³-hybridized carbons (Fsp3) is 0.833. The number of hydrogen-bond donors (Lipinski definition) is 1. The summed E-state index contributed by atoms with van der Waals surface area (Å²) in [6.07, 6.45) is 4.16. The molecule has 0 saturated carbocycles. The van der Waals surface area contributed by atoms with Crippen molar-refractivity contribution in [3.63, 3.8) is 0 Å². The zero-order valence-electron chi connectivity index (χ0n) is 16.2. The predicted molar refractivity (Wildman–Crippen MR) is 99.3 cm³/mol. The summed E-state index contributed by atoms with van der Waals surface area (Å²) in [7, 11) is -3.62. The highest BCUT2D eigenvalue weighted by Crippen LogP contribution is 2.46. The number of likely N-dealkylation sites (tertiary alicyclic amines) is 1. The highest BCUT2D eigenvalue weighted by Gasteiger charge is 2.68. The molecule has 152 valence electrons. The van der Waals surface area contributed by atoms with Crippen LogP contribution in [-0.2, 0) is 24.2 Å². The van der Waals surface area contributed by atoms with Gasteiger partial charge in [-0.15, -0.1) is 0 Å². The zero-order valence-corrected chi connectivity index (χ0v) is 17.0. The van der Waals surface area contributed by atoms with Crippen LogP contribution in [0.25, 0.3) is 0 Å². The normalized spacial score (nSPS) is 30.8. The first kappa shape index (κ1) is 20.1. The summed E-state index contributed by atoms with van der Waals surface area (Å²) in [4.78, 5) is 40.6. The number of fused-ring (bicyclic) bond motifs is 1. The molecule has 3 fully saturated rings. The number of unbranched alkanes of at least 4 members (excludes halogenated alkanes) is 2. The van der Waals surface area contributed by atoms with E-state index in [0.29, 0.717) is 25.9 Å². The van der Waals surface area contributed by atoms with E-state index in [1.807, 2.05) is 0 Å². The summed E-state index contributed by atoms with van der Waals surface area (Å²) >= 11 is 0. The molecule has 8 nitrogen and oxygen atoms in total. The Morgan fingerprint density at radius 1 is 1.26 bits per heavy atom. The second-order valence-corrected chi connectivity index (χ2v) is 10.9. The first-order valence-corrected chi connectivity index (χ1v) is 11.3. The van der Waals surface area contributed by atoms with Crippen LogP contribution in [0.2, 0.25) is 0 Å². The summed E-state index contributed by atoms with van der Waals surface area (Å²) in [5, 5.41) is 1.98. The molecule has 0 aromatic rings. The maximum atomic E-state index is 13.3. The Labute approximate surface area is 160 Å². The van der Waals surface area contributed by atoms with E-state index in [9.17, 15) is 22.8 Å². The van der Waals surface area contributed by atoms with E-state index >= 15 is 0 Å². The molecular weight excluding hydrogens is 370 g/mol. The van der Waals surface area contributed by atoms with Crippen LogP contribution < -0.4 is 5.32 Å². The van der Waals surface area contributed by atoms with E-state index in [1.165, 1.54) is 23.6 Å². The number of β-lactam (4-membered cyclic amide) rings is 1. The van der Waals surface area contributed by atoms with Crippen LogP contribution in [0, 0.1) is 0 Å². The Balaban J connectivity index is 1.76. The van der Waals surface area contributed by atoms with Crippen molar-refractivity contribution in [3.05, 3.63) is 0 Å². The minimum absolute atomic E-state index is 0.0586. The van der Waals surface area contributed by atoms with E-state index < -0.39 is 37.9 Å². The molecular formula is C18H29N3O5S. The Hall–Kier alpha value is -1.64. The van der Waals surface area contributed by atoms with Gasteiger partial charge in [0.25, 0.3) is 0 Å². The van der Waals surface area contributed by atoms with E-state index in [1.54, 1.807) is 0 Å². The Morgan fingerprint density at radius 2 is 1.96 bits per heavy atom. The van der Waals surface area contributed by atoms with E-state index in [-0.39, 0.29) is 18.2 Å². The van der Waals surface area contributed by atoms with Crippen LogP contribution in [0.5, 0.6) is 0 Å². The van der Waals surface area contributed by atoms with Crippen molar-refractivity contribution in [2.75, 3.05) is 13.1 Å². The second kappa shape index (κ2) is 7.07. The topological polar surface area (TPSA) is 104 Å². The third-order valence-corrected chi connectivity index (χ3v) is 8.93. The van der Waals surface area contributed by atoms with Crippen molar-refractivity contribution in [2.24, 2.45) is 0 Å². The summed E-state index contributed by atoms with van der Waals surface area (Å²) in [5.41, 5.74) is 0. The smallest absolute Gasteiger partial charge is 0.247 e. The first-order valence-electron chi connectivity index (χ1n) is 9.77. The summed E-state index contributed by atoms with van der Waals surface area (Å²) in [6.45, 7) is 6.08. The fourth-order valence-corrected chi connectivity index (χ4v) is 6.52. The fourth-order valence-electron chi connectivity index (χ4n) is 4.39. The van der Waals surface area contributed by atoms with Gasteiger partial charge in [-0.25, -0.2) is 8.42 Å². The van der Waals surface area contributed by atoms with Crippen LogP contribution in [-0.4, -0.2) is 71.2 Å². The van der Waals surface area contributed by atoms with Gasteiger partial charge < -0.3 is 15.1 Å². The molecule has 9 heteroatoms. The lowest BCUT2D eigenvalue weighted by Gasteiger charge is -2.39. The lowest BCUT2D eigenvalue weighted by atomic mass is 9.96. The third kappa shape index (κ3) is 3.03. The molecule has 3 aliphatic heterocycles. The van der Waals surface area contributed by atoms with Crippen LogP contribution >= 0.6 is 0 Å². The molecule has 27 heavy (non-hydrogen) atoms. The van der Waals surface area contributed by atoms with Gasteiger partial charge >= 0.3 is 0 Å². The highest BCUT2D eigenvalue weighted by atomic mass is 32.2. The molecule has 0 aromatic carbocycles. The number of nitrogens with zero attached hydrogens (tertiary/aromatic N) is 2. The van der Waals surface area contributed by atoms with E-state index in [4.69, 9.17) is 0 Å². The van der Waals surface area contributed by atoms with E-state index in [2.05, 4.69) is 12.2 Å². The van der Waals surface area contributed by atoms with Crippen LogP contribution in [0.3, 0.4) is 0 Å². The van der Waals surface area contributed by atoms with Gasteiger partial charge in [0.05, 0.1) is 11.2 Å². The molecule has 0 radical (unpaired) electrons. The highest BCUT2D eigenvalue weighted by molar-refractivity contribution is 7.93. The number of rotatable bonds is 6. The maximum absolute atomic E-state index is 13.3. The van der Waals surface area contributed by atoms with Gasteiger partial charge in [-0.1, -0.05) is 19.8 Å². The SMILES string of the molecule is CCCCCNC(=O)C1CCCN1C(=O)C1N2C(=O)CC2S(=O)(=O)C1(C)C. The minimum atomic E-state index is -3.62. The summed E-state index contributed by atoms with van der Waals surface area (Å²) in [6, 6.07) is -1.64. The maximum Gasteiger partial charge on any atom is 0.247 e. The van der Waals surface area contributed by atoms with Crippen LogP contribution in [0.15, 0.2) is 0 Å². The Bertz CT molecular complexity index is 748. The van der Waals surface area contributed by atoms with Crippen molar-refractivity contribution in [1.29, 1.82) is 0 Å². The lowest BCUT2D eigenvalue weighted by Crippen LogP contribution is -2.61. The third-order valence-electron chi connectivity index (χ3n) is 6.13. The van der Waals surface area contributed by atoms with Crippen LogP contribution in [0.4, 0.5) is 0 Å². The number of sulfone groups is 1. The van der Waals surface area contributed by atoms with Gasteiger partial charge in [-0.3, -0.25) is 14.4 Å². The molecule has 3 saturated heterocycles. The molecule has 1 N–H and O–H groups in total. The van der Waals surface area contributed by atoms with Gasteiger partial charge in [-0.2, -0.15) is 0 Å². The quantitative estimate of drug-likeness (QED) is 0.515. The first-order chi connectivity index (χ1) is 12.6. The Morgan fingerprint density at radius 3 is 2.59 bits per heavy atom. The largest absolute Gasteiger partial charge is 0.354 e. The van der Waals surface area contributed by atoms with Gasteiger partial charge in [0.1, 0.15) is 17.5 Å². The van der Waals surface area contributed by atoms with Gasteiger partial charge in [0, 0.05) is 13.1 Å². The molecule has 0 spiro atoms. The van der Waals surface area contributed by atoms with Crippen molar-refractivity contribution < 1.29 is 22.8 Å². The molecule has 3 heterocycles. The zero-order chi connectivity index (χ0) is 20.0. The van der Waals surface area contributed by atoms with Crippen molar-refractivity contribution in [2.45, 2.75) is 81.5 Å². The average molecular weight is 400 g/mol. The standard InChI is InChI=1S/C18H29N3O5S/c1-4-5-6-9-19-16(23)12-8-7-10-20(12)17(24)15-18(2,3)27(25,26)14-11-13(22)21(14)15/h12,14-15H,4-11H2,1-3H3,(H,19,23). The second-order valence-electron chi connectivity index (χ2n) is 8.20.